The van der Waals surface area contributed by atoms with E-state index in [-0.39, 0.29) is 30.2 Å². The fourth-order valence-corrected chi connectivity index (χ4v) is 2.32. The molecule has 0 saturated heterocycles. The van der Waals surface area contributed by atoms with Gasteiger partial charge in [0.05, 0.1) is 18.7 Å². The lowest BCUT2D eigenvalue weighted by Gasteiger charge is -2.21. The van der Waals surface area contributed by atoms with Crippen LogP contribution < -0.4 is 5.32 Å². The Morgan fingerprint density at radius 2 is 2.33 bits per heavy atom. The summed E-state index contributed by atoms with van der Waals surface area (Å²) in [6.45, 7) is 3.91. The molecule has 100 valence electrons. The Balaban J connectivity index is 2.54. The van der Waals surface area contributed by atoms with Crippen LogP contribution in [0.2, 0.25) is 0 Å². The maximum Gasteiger partial charge on any atom is 0.226 e. The Morgan fingerprint density at radius 3 is 2.89 bits per heavy atom. The Hall–Kier alpha value is -1.07. The lowest BCUT2D eigenvalue weighted by atomic mass is 10.1. The van der Waals surface area contributed by atoms with Gasteiger partial charge in [0.1, 0.15) is 0 Å². The zero-order valence-electron chi connectivity index (χ0n) is 11.0. The summed E-state index contributed by atoms with van der Waals surface area (Å²) in [6, 6.07) is 3.74. The van der Waals surface area contributed by atoms with Crippen molar-refractivity contribution in [1.29, 1.82) is 0 Å². The van der Waals surface area contributed by atoms with Crippen molar-refractivity contribution in [2.75, 3.05) is 12.9 Å². The third-order valence-electron chi connectivity index (χ3n) is 2.87. The fourth-order valence-electron chi connectivity index (χ4n) is 1.69. The van der Waals surface area contributed by atoms with Gasteiger partial charge in [0.2, 0.25) is 5.91 Å². The molecule has 1 aromatic rings. The molecule has 1 aromatic heterocycles. The van der Waals surface area contributed by atoms with E-state index in [1.54, 1.807) is 18.0 Å². The molecular weight excluding hydrogens is 248 g/mol. The first-order valence-electron chi connectivity index (χ1n) is 5.92. The van der Waals surface area contributed by atoms with E-state index >= 15 is 0 Å². The second-order valence-electron chi connectivity index (χ2n) is 4.26. The van der Waals surface area contributed by atoms with Crippen LogP contribution in [0.1, 0.15) is 18.2 Å². The summed E-state index contributed by atoms with van der Waals surface area (Å²) in [6.07, 6.45) is 3.90. The highest BCUT2D eigenvalue weighted by Gasteiger charge is 2.17. The summed E-state index contributed by atoms with van der Waals surface area (Å²) in [4.78, 5) is 16.1. The summed E-state index contributed by atoms with van der Waals surface area (Å²) >= 11 is 1.55. The van der Waals surface area contributed by atoms with Crippen molar-refractivity contribution in [2.45, 2.75) is 31.6 Å². The summed E-state index contributed by atoms with van der Waals surface area (Å²) in [5.41, 5.74) is 1.82. The number of hydrogen-bond acceptors (Lipinski definition) is 4. The molecule has 5 heteroatoms. The minimum atomic E-state index is -0.0585. The maximum absolute atomic E-state index is 11.9. The molecule has 2 unspecified atom stereocenters. The number of thioether (sulfide) groups is 1. The number of amides is 1. The van der Waals surface area contributed by atoms with E-state index in [0.29, 0.717) is 0 Å². The van der Waals surface area contributed by atoms with Crippen LogP contribution in [-0.4, -0.2) is 40.2 Å². The number of carbonyl (C=O) groups excluding carboxylic acids is 1. The molecule has 0 aliphatic heterocycles. The highest BCUT2D eigenvalue weighted by atomic mass is 32.2. The summed E-state index contributed by atoms with van der Waals surface area (Å²) < 4.78 is 0. The summed E-state index contributed by atoms with van der Waals surface area (Å²) in [5.74, 6) is -0.0585. The van der Waals surface area contributed by atoms with Gasteiger partial charge in [-0.25, -0.2) is 0 Å². The molecule has 1 heterocycles. The number of nitrogens with zero attached hydrogens (tertiary/aromatic N) is 1. The normalized spacial score (nSPS) is 14.0. The Morgan fingerprint density at radius 1 is 1.61 bits per heavy atom. The van der Waals surface area contributed by atoms with Crippen LogP contribution in [0.3, 0.4) is 0 Å². The van der Waals surface area contributed by atoms with E-state index in [1.165, 1.54) is 0 Å². The molecule has 1 amide bonds. The third kappa shape index (κ3) is 4.31. The average Bonchev–Trinajstić information content (AvgIpc) is 2.33. The van der Waals surface area contributed by atoms with Gasteiger partial charge in [-0.2, -0.15) is 11.8 Å². The molecule has 2 atom stereocenters. The minimum absolute atomic E-state index is 0.0266. The lowest BCUT2D eigenvalue weighted by Crippen LogP contribution is -2.42. The highest BCUT2D eigenvalue weighted by molar-refractivity contribution is 7.99. The van der Waals surface area contributed by atoms with Crippen LogP contribution in [0.25, 0.3) is 0 Å². The van der Waals surface area contributed by atoms with Gasteiger partial charge in [0, 0.05) is 17.5 Å². The third-order valence-corrected chi connectivity index (χ3v) is 4.04. The van der Waals surface area contributed by atoms with E-state index in [9.17, 15) is 4.79 Å². The minimum Gasteiger partial charge on any atom is -0.395 e. The van der Waals surface area contributed by atoms with Crippen LogP contribution in [0.15, 0.2) is 18.3 Å². The van der Waals surface area contributed by atoms with Crippen LogP contribution in [0.5, 0.6) is 0 Å². The smallest absolute Gasteiger partial charge is 0.226 e. The van der Waals surface area contributed by atoms with Crippen molar-refractivity contribution in [3.05, 3.63) is 29.6 Å². The Bertz CT molecular complexity index is 394. The SMILES string of the molecule is CSC(CO)C(C)NC(=O)Cc1ncccc1C. The number of aryl methyl sites for hydroxylation is 1. The fraction of sp³-hybridized carbons (Fsp3) is 0.538. The zero-order chi connectivity index (χ0) is 13.5. The van der Waals surface area contributed by atoms with Gasteiger partial charge in [0.25, 0.3) is 0 Å². The van der Waals surface area contributed by atoms with Gasteiger partial charge >= 0.3 is 0 Å². The molecule has 0 aliphatic rings. The Kier molecular flexibility index (Phi) is 6.15. The molecule has 0 aromatic carbocycles. The molecule has 1 rings (SSSR count). The van der Waals surface area contributed by atoms with Crippen molar-refractivity contribution in [3.8, 4) is 0 Å². The predicted octanol–water partition coefficient (Wildman–Crippen LogP) is 1.16. The van der Waals surface area contributed by atoms with Crippen LogP contribution >= 0.6 is 11.8 Å². The van der Waals surface area contributed by atoms with Crippen molar-refractivity contribution in [1.82, 2.24) is 10.3 Å². The highest BCUT2D eigenvalue weighted by Crippen LogP contribution is 2.10. The molecule has 0 aliphatic carbocycles. The van der Waals surface area contributed by atoms with Gasteiger partial charge in [-0.15, -0.1) is 0 Å². The van der Waals surface area contributed by atoms with Gasteiger partial charge in [-0.05, 0) is 31.7 Å². The predicted molar refractivity (Wildman–Crippen MR) is 74.7 cm³/mol. The quantitative estimate of drug-likeness (QED) is 0.813. The van der Waals surface area contributed by atoms with E-state index in [0.717, 1.165) is 11.3 Å². The molecule has 18 heavy (non-hydrogen) atoms. The van der Waals surface area contributed by atoms with E-state index in [2.05, 4.69) is 10.3 Å². The van der Waals surface area contributed by atoms with Gasteiger partial charge in [-0.1, -0.05) is 6.07 Å². The Labute approximate surface area is 112 Å². The first-order chi connectivity index (χ1) is 8.58. The molecular formula is C13H20N2O2S. The van der Waals surface area contributed by atoms with Crippen molar-refractivity contribution >= 4 is 17.7 Å². The number of hydrogen-bond donors (Lipinski definition) is 2. The zero-order valence-corrected chi connectivity index (χ0v) is 11.8. The largest absolute Gasteiger partial charge is 0.395 e. The van der Waals surface area contributed by atoms with Crippen molar-refractivity contribution in [3.63, 3.8) is 0 Å². The molecule has 0 saturated carbocycles. The van der Waals surface area contributed by atoms with Crippen molar-refractivity contribution in [2.24, 2.45) is 0 Å². The van der Waals surface area contributed by atoms with Gasteiger partial charge in [-0.3, -0.25) is 9.78 Å². The number of aromatic nitrogens is 1. The monoisotopic (exact) mass is 268 g/mol. The van der Waals surface area contributed by atoms with Crippen LogP contribution in [0, 0.1) is 6.92 Å². The molecule has 2 N–H and O–H groups in total. The van der Waals surface area contributed by atoms with Crippen molar-refractivity contribution < 1.29 is 9.90 Å². The van der Waals surface area contributed by atoms with Gasteiger partial charge in [0.15, 0.2) is 0 Å². The summed E-state index contributed by atoms with van der Waals surface area (Å²) in [5, 5.41) is 12.1. The number of pyridine rings is 1. The molecule has 0 fully saturated rings. The maximum atomic E-state index is 11.9. The lowest BCUT2D eigenvalue weighted by molar-refractivity contribution is -0.121. The standard InChI is InChI=1S/C13H20N2O2S/c1-9-5-4-6-14-11(9)7-13(17)15-10(2)12(8-16)18-3/h4-6,10,12,16H,7-8H2,1-3H3,(H,15,17). The first kappa shape index (κ1) is 15.0. The average molecular weight is 268 g/mol. The topological polar surface area (TPSA) is 62.2 Å². The number of aliphatic hydroxyl groups is 1. The van der Waals surface area contributed by atoms with E-state index < -0.39 is 0 Å². The van der Waals surface area contributed by atoms with Crippen LogP contribution in [-0.2, 0) is 11.2 Å². The first-order valence-corrected chi connectivity index (χ1v) is 7.20. The molecule has 0 spiro atoms. The van der Waals surface area contributed by atoms with Gasteiger partial charge < -0.3 is 10.4 Å². The molecule has 0 bridgehead atoms. The molecule has 4 nitrogen and oxygen atoms in total. The van der Waals surface area contributed by atoms with E-state index in [4.69, 9.17) is 5.11 Å². The number of nitrogens with one attached hydrogen (secondary N) is 1. The number of rotatable bonds is 6. The second kappa shape index (κ2) is 7.38. The summed E-state index contributed by atoms with van der Waals surface area (Å²) in [7, 11) is 0. The second-order valence-corrected chi connectivity index (χ2v) is 5.33. The molecule has 0 radical (unpaired) electrons. The van der Waals surface area contributed by atoms with E-state index in [1.807, 2.05) is 32.2 Å². The number of aliphatic hydroxyl groups excluding tert-OH is 1. The van der Waals surface area contributed by atoms with Crippen LogP contribution in [0.4, 0.5) is 0 Å². The number of carbonyl (C=O) groups is 1.